The van der Waals surface area contributed by atoms with Crippen molar-refractivity contribution >= 4 is 15.7 Å². The van der Waals surface area contributed by atoms with Crippen LogP contribution in [0.2, 0.25) is 0 Å². The summed E-state index contributed by atoms with van der Waals surface area (Å²) in [6.07, 6.45) is -2.65. The summed E-state index contributed by atoms with van der Waals surface area (Å²) in [6.45, 7) is 1.11. The number of hydrogen-bond acceptors (Lipinski definition) is 5. The van der Waals surface area contributed by atoms with Crippen LogP contribution >= 0.6 is 0 Å². The number of nitrogens with zero attached hydrogens (tertiary/aromatic N) is 2. The van der Waals surface area contributed by atoms with Crippen molar-refractivity contribution in [3.05, 3.63) is 77.4 Å². The fraction of sp³-hybridized carbons (Fsp3) is 0.227. The lowest BCUT2D eigenvalue weighted by molar-refractivity contribution is -0.137. The molecule has 0 saturated heterocycles. The standard InChI is InChI=1S/C22H19F3N2O3S/c1-31(28,29)21-7-3-6-20(26-21)27-13-12-18-15(14-27)4-2-5-19(18)30-17-10-8-16(9-11-17)22(23,24)25/h2-11H,12-14H2,1H3. The highest BCUT2D eigenvalue weighted by molar-refractivity contribution is 7.90. The summed E-state index contributed by atoms with van der Waals surface area (Å²) in [5, 5.41) is 0.0233. The third-order valence-corrected chi connectivity index (χ3v) is 6.03. The molecule has 1 aromatic heterocycles. The second-order valence-electron chi connectivity index (χ2n) is 7.30. The quantitative estimate of drug-likeness (QED) is 0.571. The molecule has 162 valence electrons. The molecule has 0 spiro atoms. The first-order valence-corrected chi connectivity index (χ1v) is 11.4. The van der Waals surface area contributed by atoms with Crippen LogP contribution in [0.25, 0.3) is 0 Å². The Morgan fingerprint density at radius 2 is 1.71 bits per heavy atom. The van der Waals surface area contributed by atoms with Crippen LogP contribution in [0.3, 0.4) is 0 Å². The molecule has 0 amide bonds. The van der Waals surface area contributed by atoms with Crippen molar-refractivity contribution in [3.8, 4) is 11.5 Å². The minimum absolute atomic E-state index is 0.0233. The van der Waals surface area contributed by atoms with Gasteiger partial charge in [-0.2, -0.15) is 13.2 Å². The summed E-state index contributed by atoms with van der Waals surface area (Å²) in [5.41, 5.74) is 1.23. The third-order valence-electron chi connectivity index (χ3n) is 5.05. The SMILES string of the molecule is CS(=O)(=O)c1cccc(N2CCc3c(cccc3Oc3ccc(C(F)(F)F)cc3)C2)n1. The summed E-state index contributed by atoms with van der Waals surface area (Å²) in [6, 6.07) is 15.0. The molecule has 4 rings (SSSR count). The topological polar surface area (TPSA) is 59.5 Å². The Hall–Kier alpha value is -3.07. The molecule has 1 aliphatic rings. The van der Waals surface area contributed by atoms with Gasteiger partial charge in [-0.15, -0.1) is 0 Å². The average Bonchev–Trinajstić information content (AvgIpc) is 2.73. The van der Waals surface area contributed by atoms with Crippen molar-refractivity contribution in [3.63, 3.8) is 0 Å². The van der Waals surface area contributed by atoms with Crippen molar-refractivity contribution in [2.24, 2.45) is 0 Å². The van der Waals surface area contributed by atoms with E-state index in [1.54, 1.807) is 18.2 Å². The van der Waals surface area contributed by atoms with Gasteiger partial charge < -0.3 is 9.64 Å². The van der Waals surface area contributed by atoms with Gasteiger partial charge in [-0.1, -0.05) is 18.2 Å². The Morgan fingerprint density at radius 3 is 2.39 bits per heavy atom. The van der Waals surface area contributed by atoms with Crippen LogP contribution in [0.5, 0.6) is 11.5 Å². The maximum atomic E-state index is 12.8. The number of anilines is 1. The highest BCUT2D eigenvalue weighted by atomic mass is 32.2. The van der Waals surface area contributed by atoms with Gasteiger partial charge in [0.2, 0.25) is 0 Å². The normalized spacial score (nSPS) is 14.3. The lowest BCUT2D eigenvalue weighted by atomic mass is 9.98. The number of ether oxygens (including phenoxy) is 1. The zero-order valence-electron chi connectivity index (χ0n) is 16.6. The Kier molecular flexibility index (Phi) is 5.38. The van der Waals surface area contributed by atoms with Gasteiger partial charge in [-0.3, -0.25) is 0 Å². The molecule has 1 aliphatic heterocycles. The van der Waals surface area contributed by atoms with E-state index < -0.39 is 21.6 Å². The van der Waals surface area contributed by atoms with E-state index in [-0.39, 0.29) is 5.03 Å². The number of halogens is 3. The van der Waals surface area contributed by atoms with Gasteiger partial charge in [-0.05, 0) is 54.4 Å². The van der Waals surface area contributed by atoms with E-state index in [0.717, 1.165) is 29.5 Å². The Balaban J connectivity index is 1.56. The molecular weight excluding hydrogens is 429 g/mol. The number of rotatable bonds is 4. The lowest BCUT2D eigenvalue weighted by Gasteiger charge is -2.31. The molecule has 0 aliphatic carbocycles. The summed E-state index contributed by atoms with van der Waals surface area (Å²) < 4.78 is 67.7. The predicted octanol–water partition coefficient (Wildman–Crippen LogP) is 4.86. The van der Waals surface area contributed by atoms with Gasteiger partial charge in [0.05, 0.1) is 5.56 Å². The van der Waals surface area contributed by atoms with E-state index in [1.165, 1.54) is 18.2 Å². The van der Waals surface area contributed by atoms with Crippen LogP contribution in [0.1, 0.15) is 16.7 Å². The monoisotopic (exact) mass is 448 g/mol. The molecular formula is C22H19F3N2O3S. The second-order valence-corrected chi connectivity index (χ2v) is 9.26. The van der Waals surface area contributed by atoms with Crippen molar-refractivity contribution in [2.45, 2.75) is 24.2 Å². The number of alkyl halides is 3. The molecule has 9 heteroatoms. The number of pyridine rings is 1. The molecule has 3 aromatic rings. The molecule has 0 unspecified atom stereocenters. The fourth-order valence-electron chi connectivity index (χ4n) is 3.49. The minimum Gasteiger partial charge on any atom is -0.457 e. The van der Waals surface area contributed by atoms with Crippen LogP contribution in [-0.2, 0) is 29.0 Å². The van der Waals surface area contributed by atoms with Crippen molar-refractivity contribution in [1.82, 2.24) is 4.98 Å². The van der Waals surface area contributed by atoms with Crippen LogP contribution in [0, 0.1) is 0 Å². The predicted molar refractivity (Wildman–Crippen MR) is 110 cm³/mol. The molecule has 2 heterocycles. The van der Waals surface area contributed by atoms with Crippen LogP contribution in [0.4, 0.5) is 19.0 Å². The van der Waals surface area contributed by atoms with Gasteiger partial charge in [0.15, 0.2) is 14.9 Å². The molecule has 0 radical (unpaired) electrons. The van der Waals surface area contributed by atoms with Crippen LogP contribution in [-0.4, -0.2) is 26.2 Å². The zero-order valence-corrected chi connectivity index (χ0v) is 17.4. The first-order chi connectivity index (χ1) is 14.6. The Labute approximate surface area is 178 Å². The van der Waals surface area contributed by atoms with Crippen molar-refractivity contribution in [2.75, 3.05) is 17.7 Å². The Morgan fingerprint density at radius 1 is 1.00 bits per heavy atom. The highest BCUT2D eigenvalue weighted by Gasteiger charge is 2.30. The second kappa shape index (κ2) is 7.88. The summed E-state index contributed by atoms with van der Waals surface area (Å²) in [7, 11) is -3.41. The highest BCUT2D eigenvalue weighted by Crippen LogP contribution is 2.35. The summed E-state index contributed by atoms with van der Waals surface area (Å²) in [5.74, 6) is 1.49. The molecule has 0 saturated carbocycles. The first kappa shape index (κ1) is 21.2. The number of hydrogen-bond donors (Lipinski definition) is 0. The van der Waals surface area contributed by atoms with E-state index >= 15 is 0 Å². The zero-order chi connectivity index (χ0) is 22.2. The largest absolute Gasteiger partial charge is 0.457 e. The van der Waals surface area contributed by atoms with Crippen molar-refractivity contribution < 1.29 is 26.3 Å². The van der Waals surface area contributed by atoms with E-state index in [9.17, 15) is 21.6 Å². The van der Waals surface area contributed by atoms with E-state index in [0.29, 0.717) is 36.8 Å². The summed E-state index contributed by atoms with van der Waals surface area (Å²) in [4.78, 5) is 6.26. The van der Waals surface area contributed by atoms with Gasteiger partial charge in [-0.25, -0.2) is 13.4 Å². The van der Waals surface area contributed by atoms with Crippen molar-refractivity contribution in [1.29, 1.82) is 0 Å². The smallest absolute Gasteiger partial charge is 0.416 e. The Bertz CT molecular complexity index is 1210. The molecule has 2 aromatic carbocycles. The van der Waals surface area contributed by atoms with E-state index in [2.05, 4.69) is 4.98 Å². The first-order valence-electron chi connectivity index (χ1n) is 9.49. The van der Waals surface area contributed by atoms with Gasteiger partial charge in [0, 0.05) is 24.9 Å². The average molecular weight is 448 g/mol. The number of fused-ring (bicyclic) bond motifs is 1. The van der Waals surface area contributed by atoms with Crippen LogP contribution < -0.4 is 9.64 Å². The number of benzene rings is 2. The van der Waals surface area contributed by atoms with Gasteiger partial charge in [0.25, 0.3) is 0 Å². The van der Waals surface area contributed by atoms with Gasteiger partial charge >= 0.3 is 6.18 Å². The molecule has 5 nitrogen and oxygen atoms in total. The fourth-order valence-corrected chi connectivity index (χ4v) is 4.08. The molecule has 0 N–H and O–H groups in total. The maximum Gasteiger partial charge on any atom is 0.416 e. The minimum atomic E-state index is -4.39. The molecule has 31 heavy (non-hydrogen) atoms. The number of aromatic nitrogens is 1. The molecule has 0 bridgehead atoms. The summed E-state index contributed by atoms with van der Waals surface area (Å²) >= 11 is 0. The van der Waals surface area contributed by atoms with Crippen LogP contribution in [0.15, 0.2) is 65.7 Å². The molecule has 0 atom stereocenters. The lowest BCUT2D eigenvalue weighted by Crippen LogP contribution is -2.31. The van der Waals surface area contributed by atoms with E-state index in [4.69, 9.17) is 4.74 Å². The maximum absolute atomic E-state index is 12.8. The molecule has 0 fully saturated rings. The van der Waals surface area contributed by atoms with Gasteiger partial charge in [0.1, 0.15) is 17.3 Å². The van der Waals surface area contributed by atoms with E-state index in [1.807, 2.05) is 17.0 Å². The third kappa shape index (κ3) is 4.66. The number of sulfone groups is 1.